The van der Waals surface area contributed by atoms with Gasteiger partial charge < -0.3 is 10.0 Å². The molecule has 2 atom stereocenters. The molecule has 1 aliphatic rings. The molecule has 0 aliphatic carbocycles. The smallest absolute Gasteiger partial charge is 0.159 e. The summed E-state index contributed by atoms with van der Waals surface area (Å²) in [5.41, 5.74) is 0.690. The number of Topliss-reactive ketones (excluding diaryl/α,β-unsaturated/α-hetero) is 1. The second kappa shape index (κ2) is 4.84. The fourth-order valence-corrected chi connectivity index (χ4v) is 2.20. The highest BCUT2D eigenvalue weighted by molar-refractivity contribution is 5.94. The molecule has 1 aromatic heterocycles. The second-order valence-corrected chi connectivity index (χ2v) is 4.69. The van der Waals surface area contributed by atoms with Crippen LogP contribution >= 0.6 is 0 Å². The molecule has 4 nitrogen and oxygen atoms in total. The van der Waals surface area contributed by atoms with Gasteiger partial charge in [0.1, 0.15) is 5.82 Å². The van der Waals surface area contributed by atoms with Crippen LogP contribution < -0.4 is 4.90 Å². The van der Waals surface area contributed by atoms with Crippen molar-refractivity contribution in [3.05, 3.63) is 23.9 Å². The van der Waals surface area contributed by atoms with Crippen LogP contribution in [-0.2, 0) is 0 Å². The van der Waals surface area contributed by atoms with Crippen molar-refractivity contribution in [3.8, 4) is 0 Å². The van der Waals surface area contributed by atoms with Crippen molar-refractivity contribution >= 4 is 11.6 Å². The van der Waals surface area contributed by atoms with Crippen molar-refractivity contribution < 1.29 is 9.90 Å². The van der Waals surface area contributed by atoms with Crippen molar-refractivity contribution in [1.29, 1.82) is 0 Å². The van der Waals surface area contributed by atoms with Crippen LogP contribution in [0.1, 0.15) is 30.6 Å². The van der Waals surface area contributed by atoms with Gasteiger partial charge >= 0.3 is 0 Å². The van der Waals surface area contributed by atoms with Gasteiger partial charge in [0.2, 0.25) is 0 Å². The van der Waals surface area contributed by atoms with Crippen LogP contribution in [0, 0.1) is 5.92 Å². The zero-order valence-electron chi connectivity index (χ0n) is 10.3. The van der Waals surface area contributed by atoms with Gasteiger partial charge in [0.15, 0.2) is 5.78 Å². The Labute approximate surface area is 101 Å². The molecule has 92 valence electrons. The first-order chi connectivity index (χ1) is 8.08. The van der Waals surface area contributed by atoms with Crippen LogP contribution in [0.25, 0.3) is 0 Å². The Morgan fingerprint density at radius 1 is 1.65 bits per heavy atom. The molecule has 0 aromatic carbocycles. The molecule has 2 rings (SSSR count). The number of anilines is 1. The minimum Gasteiger partial charge on any atom is -0.393 e. The summed E-state index contributed by atoms with van der Waals surface area (Å²) < 4.78 is 0. The molecule has 2 heterocycles. The number of pyridine rings is 1. The van der Waals surface area contributed by atoms with Crippen molar-refractivity contribution in [2.75, 3.05) is 18.0 Å². The van der Waals surface area contributed by atoms with Gasteiger partial charge in [0, 0.05) is 30.8 Å². The van der Waals surface area contributed by atoms with Crippen molar-refractivity contribution in [3.63, 3.8) is 0 Å². The first-order valence-corrected chi connectivity index (χ1v) is 5.98. The largest absolute Gasteiger partial charge is 0.393 e. The molecular weight excluding hydrogens is 216 g/mol. The molecule has 0 bridgehead atoms. The lowest BCUT2D eigenvalue weighted by Crippen LogP contribution is -2.24. The van der Waals surface area contributed by atoms with Gasteiger partial charge in [0.05, 0.1) is 6.10 Å². The Balaban J connectivity index is 2.13. The Bertz CT molecular complexity index is 418. The first-order valence-electron chi connectivity index (χ1n) is 5.98. The highest BCUT2D eigenvalue weighted by Gasteiger charge is 2.26. The second-order valence-electron chi connectivity index (χ2n) is 4.69. The molecule has 1 saturated heterocycles. The molecule has 1 fully saturated rings. The van der Waals surface area contributed by atoms with Gasteiger partial charge in [-0.3, -0.25) is 4.79 Å². The number of hydrogen-bond acceptors (Lipinski definition) is 4. The number of carbonyl (C=O) groups excluding carboxylic acids is 1. The maximum atomic E-state index is 11.3. The summed E-state index contributed by atoms with van der Waals surface area (Å²) in [4.78, 5) is 17.7. The molecule has 1 aliphatic heterocycles. The third-order valence-corrected chi connectivity index (χ3v) is 3.38. The van der Waals surface area contributed by atoms with E-state index in [-0.39, 0.29) is 11.9 Å². The monoisotopic (exact) mass is 234 g/mol. The average molecular weight is 234 g/mol. The molecule has 1 N–H and O–H groups in total. The molecule has 0 radical (unpaired) electrons. The number of aliphatic hydroxyl groups excluding tert-OH is 1. The van der Waals surface area contributed by atoms with Gasteiger partial charge in [-0.1, -0.05) is 0 Å². The fourth-order valence-electron chi connectivity index (χ4n) is 2.20. The molecule has 4 heteroatoms. The van der Waals surface area contributed by atoms with E-state index in [0.717, 1.165) is 25.3 Å². The number of carbonyl (C=O) groups is 1. The van der Waals surface area contributed by atoms with E-state index >= 15 is 0 Å². The van der Waals surface area contributed by atoms with Crippen LogP contribution in [0.5, 0.6) is 0 Å². The predicted molar refractivity (Wildman–Crippen MR) is 66.2 cm³/mol. The number of nitrogens with zero attached hydrogens (tertiary/aromatic N) is 2. The molecule has 17 heavy (non-hydrogen) atoms. The predicted octanol–water partition coefficient (Wildman–Crippen LogP) is 1.49. The molecule has 0 spiro atoms. The van der Waals surface area contributed by atoms with Gasteiger partial charge in [-0.2, -0.15) is 0 Å². The lowest BCUT2D eigenvalue weighted by atomic mass is 10.0. The molecular formula is C13H18N2O2. The van der Waals surface area contributed by atoms with Crippen LogP contribution in [-0.4, -0.2) is 35.1 Å². The number of ketones is 1. The summed E-state index contributed by atoms with van der Waals surface area (Å²) in [6, 6.07) is 3.56. The van der Waals surface area contributed by atoms with Crippen LogP contribution in [0.3, 0.4) is 0 Å². The Morgan fingerprint density at radius 2 is 2.41 bits per heavy atom. The van der Waals surface area contributed by atoms with E-state index in [0.29, 0.717) is 11.5 Å². The highest BCUT2D eigenvalue weighted by Crippen LogP contribution is 2.24. The lowest BCUT2D eigenvalue weighted by Gasteiger charge is -2.18. The summed E-state index contributed by atoms with van der Waals surface area (Å²) in [7, 11) is 0. The summed E-state index contributed by atoms with van der Waals surface area (Å²) in [6.07, 6.45) is 2.36. The Morgan fingerprint density at radius 3 is 3.00 bits per heavy atom. The topological polar surface area (TPSA) is 53.4 Å². The molecule has 0 saturated carbocycles. The van der Waals surface area contributed by atoms with E-state index in [1.807, 2.05) is 13.0 Å². The van der Waals surface area contributed by atoms with Crippen molar-refractivity contribution in [2.24, 2.45) is 5.92 Å². The van der Waals surface area contributed by atoms with Crippen LogP contribution in [0.15, 0.2) is 18.3 Å². The summed E-state index contributed by atoms with van der Waals surface area (Å²) in [5.74, 6) is 1.19. The zero-order chi connectivity index (χ0) is 12.4. The average Bonchev–Trinajstić information content (AvgIpc) is 2.78. The van der Waals surface area contributed by atoms with E-state index in [9.17, 15) is 9.90 Å². The van der Waals surface area contributed by atoms with E-state index in [2.05, 4.69) is 9.88 Å². The van der Waals surface area contributed by atoms with Gasteiger partial charge in [0.25, 0.3) is 0 Å². The number of aromatic nitrogens is 1. The van der Waals surface area contributed by atoms with Gasteiger partial charge in [-0.05, 0) is 32.4 Å². The zero-order valence-corrected chi connectivity index (χ0v) is 10.3. The number of aliphatic hydroxyl groups is 1. The Hall–Kier alpha value is -1.42. The van der Waals surface area contributed by atoms with Gasteiger partial charge in [-0.15, -0.1) is 0 Å². The maximum absolute atomic E-state index is 11.3. The van der Waals surface area contributed by atoms with Crippen LogP contribution in [0.4, 0.5) is 5.82 Å². The van der Waals surface area contributed by atoms with Gasteiger partial charge in [-0.25, -0.2) is 4.98 Å². The summed E-state index contributed by atoms with van der Waals surface area (Å²) >= 11 is 0. The van der Waals surface area contributed by atoms with E-state index < -0.39 is 0 Å². The number of hydrogen-bond donors (Lipinski definition) is 1. The summed E-state index contributed by atoms with van der Waals surface area (Å²) in [5, 5.41) is 9.56. The Kier molecular flexibility index (Phi) is 3.43. The third-order valence-electron chi connectivity index (χ3n) is 3.38. The number of rotatable bonds is 3. The molecule has 2 unspecified atom stereocenters. The first kappa shape index (κ1) is 12.0. The maximum Gasteiger partial charge on any atom is 0.159 e. The normalized spacial score (nSPS) is 21.6. The SMILES string of the molecule is CC(=O)c1ccnc(N2CCC(C(C)O)C2)c1. The van der Waals surface area contributed by atoms with E-state index in [1.54, 1.807) is 19.2 Å². The standard InChI is InChI=1S/C13H18N2O2/c1-9(16)11-3-5-14-13(7-11)15-6-4-12(8-15)10(2)17/h3,5,7,10,12,17H,4,6,8H2,1-2H3. The lowest BCUT2D eigenvalue weighted by molar-refractivity contribution is 0.101. The van der Waals surface area contributed by atoms with Crippen LogP contribution in [0.2, 0.25) is 0 Å². The minimum absolute atomic E-state index is 0.0555. The van der Waals surface area contributed by atoms with Crippen molar-refractivity contribution in [2.45, 2.75) is 26.4 Å². The highest BCUT2D eigenvalue weighted by atomic mass is 16.3. The minimum atomic E-state index is -0.281. The van der Waals surface area contributed by atoms with Crippen molar-refractivity contribution in [1.82, 2.24) is 4.98 Å². The summed E-state index contributed by atoms with van der Waals surface area (Å²) in [6.45, 7) is 5.09. The van der Waals surface area contributed by atoms with E-state index in [1.165, 1.54) is 0 Å². The van der Waals surface area contributed by atoms with E-state index in [4.69, 9.17) is 0 Å². The fraction of sp³-hybridized carbons (Fsp3) is 0.538. The molecule has 1 aromatic rings. The quantitative estimate of drug-likeness (QED) is 0.805. The third kappa shape index (κ3) is 2.64. The molecule has 0 amide bonds.